The quantitative estimate of drug-likeness (QED) is 0.691. The number of likely N-dealkylation sites (N-methyl/N-ethyl adjacent to an activating group) is 1. The standard InChI is InChI=1S/C20H20F3N5O/c1-28-9-3-4-13(11-28)25-19-15-5-2-8-24-17(15)18(26-27-19)14-7-6-12(10-16(14)29)20(21,22)23/h2,5-8,10,13,29H,3-4,9,11H2,1H3,(H,25,27). The predicted molar refractivity (Wildman–Crippen MR) is 104 cm³/mol. The Morgan fingerprint density at radius 3 is 2.76 bits per heavy atom. The molecular weight excluding hydrogens is 383 g/mol. The summed E-state index contributed by atoms with van der Waals surface area (Å²) in [5, 5.41) is 22.8. The van der Waals surface area contributed by atoms with E-state index in [2.05, 4.69) is 32.4 Å². The van der Waals surface area contributed by atoms with Gasteiger partial charge in [0, 0.05) is 29.7 Å². The van der Waals surface area contributed by atoms with Gasteiger partial charge in [-0.25, -0.2) is 0 Å². The molecule has 0 amide bonds. The molecule has 1 atom stereocenters. The van der Waals surface area contributed by atoms with Gasteiger partial charge in [0.05, 0.1) is 5.56 Å². The molecule has 1 aliphatic rings. The molecule has 0 saturated carbocycles. The van der Waals surface area contributed by atoms with E-state index in [4.69, 9.17) is 0 Å². The first-order chi connectivity index (χ1) is 13.8. The summed E-state index contributed by atoms with van der Waals surface area (Å²) in [6, 6.07) is 6.61. The Morgan fingerprint density at radius 1 is 1.21 bits per heavy atom. The first kappa shape index (κ1) is 19.4. The molecule has 4 rings (SSSR count). The van der Waals surface area contributed by atoms with E-state index in [1.807, 2.05) is 6.07 Å². The fourth-order valence-electron chi connectivity index (χ4n) is 3.66. The molecule has 0 spiro atoms. The highest BCUT2D eigenvalue weighted by Crippen LogP contribution is 2.38. The molecule has 3 heterocycles. The van der Waals surface area contributed by atoms with Crippen molar-refractivity contribution in [3.63, 3.8) is 0 Å². The average Bonchev–Trinajstić information content (AvgIpc) is 2.68. The number of halogens is 3. The molecule has 1 aliphatic heterocycles. The van der Waals surface area contributed by atoms with Crippen molar-refractivity contribution < 1.29 is 18.3 Å². The van der Waals surface area contributed by atoms with Crippen LogP contribution in [0.1, 0.15) is 18.4 Å². The number of anilines is 1. The van der Waals surface area contributed by atoms with Crippen LogP contribution in [0.2, 0.25) is 0 Å². The van der Waals surface area contributed by atoms with E-state index in [0.29, 0.717) is 22.8 Å². The highest BCUT2D eigenvalue weighted by atomic mass is 19.4. The zero-order valence-electron chi connectivity index (χ0n) is 15.7. The van der Waals surface area contributed by atoms with Crippen molar-refractivity contribution in [1.29, 1.82) is 0 Å². The van der Waals surface area contributed by atoms with Crippen molar-refractivity contribution in [1.82, 2.24) is 20.1 Å². The zero-order chi connectivity index (χ0) is 20.6. The van der Waals surface area contributed by atoms with Crippen molar-refractivity contribution in [2.45, 2.75) is 25.1 Å². The second-order valence-electron chi connectivity index (χ2n) is 7.27. The molecular formula is C20H20F3N5O. The van der Waals surface area contributed by atoms with Crippen LogP contribution in [0, 0.1) is 0 Å². The fourth-order valence-corrected chi connectivity index (χ4v) is 3.66. The molecule has 1 saturated heterocycles. The minimum atomic E-state index is -4.54. The van der Waals surface area contributed by atoms with Gasteiger partial charge in [-0.15, -0.1) is 10.2 Å². The van der Waals surface area contributed by atoms with Crippen LogP contribution in [-0.4, -0.2) is 51.4 Å². The Hall–Kier alpha value is -2.94. The van der Waals surface area contributed by atoms with Gasteiger partial charge < -0.3 is 15.3 Å². The Bertz CT molecular complexity index is 1040. The number of piperidine rings is 1. The molecule has 0 bridgehead atoms. The van der Waals surface area contributed by atoms with Crippen LogP contribution >= 0.6 is 0 Å². The number of hydrogen-bond acceptors (Lipinski definition) is 6. The highest BCUT2D eigenvalue weighted by molar-refractivity contribution is 5.98. The van der Waals surface area contributed by atoms with Crippen molar-refractivity contribution >= 4 is 16.7 Å². The molecule has 1 aromatic carbocycles. The van der Waals surface area contributed by atoms with Crippen LogP contribution in [0.15, 0.2) is 36.5 Å². The zero-order valence-corrected chi connectivity index (χ0v) is 15.7. The lowest BCUT2D eigenvalue weighted by Crippen LogP contribution is -2.40. The minimum Gasteiger partial charge on any atom is -0.507 e. The van der Waals surface area contributed by atoms with Crippen LogP contribution in [0.5, 0.6) is 5.75 Å². The molecule has 2 N–H and O–H groups in total. The molecule has 3 aromatic rings. The van der Waals surface area contributed by atoms with Crippen molar-refractivity contribution in [3.8, 4) is 17.0 Å². The summed E-state index contributed by atoms with van der Waals surface area (Å²) in [4.78, 5) is 6.59. The maximum atomic E-state index is 12.9. The third kappa shape index (κ3) is 3.95. The number of likely N-dealkylation sites (tertiary alicyclic amines) is 1. The molecule has 1 unspecified atom stereocenters. The summed E-state index contributed by atoms with van der Waals surface area (Å²) in [6.45, 7) is 1.93. The van der Waals surface area contributed by atoms with E-state index in [1.54, 1.807) is 12.3 Å². The van der Waals surface area contributed by atoms with E-state index in [0.717, 1.165) is 32.0 Å². The SMILES string of the molecule is CN1CCCC(Nc2nnc(-c3ccc(C(F)(F)F)cc3O)c3ncccc23)C1. The summed E-state index contributed by atoms with van der Waals surface area (Å²) in [5.41, 5.74) is -0.0795. The number of nitrogens with one attached hydrogen (secondary N) is 1. The van der Waals surface area contributed by atoms with Crippen LogP contribution in [0.4, 0.5) is 19.0 Å². The summed E-state index contributed by atoms with van der Waals surface area (Å²) in [7, 11) is 2.07. The lowest BCUT2D eigenvalue weighted by Gasteiger charge is -2.30. The van der Waals surface area contributed by atoms with Gasteiger partial charge in [-0.2, -0.15) is 13.2 Å². The first-order valence-electron chi connectivity index (χ1n) is 9.30. The lowest BCUT2D eigenvalue weighted by atomic mass is 10.0. The average molecular weight is 403 g/mol. The van der Waals surface area contributed by atoms with Crippen LogP contribution in [-0.2, 0) is 6.18 Å². The van der Waals surface area contributed by atoms with E-state index < -0.39 is 17.5 Å². The number of aromatic hydroxyl groups is 1. The Balaban J connectivity index is 1.74. The van der Waals surface area contributed by atoms with E-state index in [-0.39, 0.29) is 17.3 Å². The number of alkyl halides is 3. The van der Waals surface area contributed by atoms with Gasteiger partial charge in [-0.05, 0) is 56.8 Å². The Morgan fingerprint density at radius 2 is 2.03 bits per heavy atom. The van der Waals surface area contributed by atoms with Gasteiger partial charge in [0.15, 0.2) is 5.82 Å². The second kappa shape index (κ2) is 7.47. The molecule has 0 aliphatic carbocycles. The predicted octanol–water partition coefficient (Wildman–Crippen LogP) is 3.92. The molecule has 9 heteroatoms. The van der Waals surface area contributed by atoms with Crippen LogP contribution in [0.3, 0.4) is 0 Å². The second-order valence-corrected chi connectivity index (χ2v) is 7.27. The van der Waals surface area contributed by atoms with Crippen molar-refractivity contribution in [2.24, 2.45) is 0 Å². The van der Waals surface area contributed by atoms with Gasteiger partial charge in [-0.1, -0.05) is 0 Å². The molecule has 2 aromatic heterocycles. The summed E-state index contributed by atoms with van der Waals surface area (Å²) >= 11 is 0. The number of aromatic nitrogens is 3. The first-order valence-corrected chi connectivity index (χ1v) is 9.30. The molecule has 152 valence electrons. The van der Waals surface area contributed by atoms with Gasteiger partial charge in [-0.3, -0.25) is 4.98 Å². The van der Waals surface area contributed by atoms with Crippen LogP contribution < -0.4 is 5.32 Å². The topological polar surface area (TPSA) is 74.2 Å². The third-order valence-corrected chi connectivity index (χ3v) is 5.08. The number of benzene rings is 1. The number of hydrogen-bond donors (Lipinski definition) is 2. The van der Waals surface area contributed by atoms with Crippen LogP contribution in [0.25, 0.3) is 22.2 Å². The van der Waals surface area contributed by atoms with Gasteiger partial charge >= 0.3 is 6.18 Å². The number of pyridine rings is 1. The Kier molecular flexibility index (Phi) is 4.99. The molecule has 0 radical (unpaired) electrons. The molecule has 29 heavy (non-hydrogen) atoms. The van der Waals surface area contributed by atoms with Crippen molar-refractivity contribution in [3.05, 3.63) is 42.1 Å². The largest absolute Gasteiger partial charge is 0.507 e. The maximum absolute atomic E-state index is 12.9. The van der Waals surface area contributed by atoms with Gasteiger partial charge in [0.1, 0.15) is 17.0 Å². The van der Waals surface area contributed by atoms with Gasteiger partial charge in [0.25, 0.3) is 0 Å². The number of rotatable bonds is 3. The normalized spacial score (nSPS) is 18.1. The lowest BCUT2D eigenvalue weighted by molar-refractivity contribution is -0.137. The number of phenolic OH excluding ortho intramolecular Hbond substituents is 1. The third-order valence-electron chi connectivity index (χ3n) is 5.08. The molecule has 6 nitrogen and oxygen atoms in total. The summed E-state index contributed by atoms with van der Waals surface area (Å²) in [6.07, 6.45) is -0.875. The number of phenols is 1. The van der Waals surface area contributed by atoms with Crippen molar-refractivity contribution in [2.75, 3.05) is 25.5 Å². The summed E-state index contributed by atoms with van der Waals surface area (Å²) < 4.78 is 38.7. The number of nitrogens with zero attached hydrogens (tertiary/aromatic N) is 4. The van der Waals surface area contributed by atoms with E-state index in [9.17, 15) is 18.3 Å². The maximum Gasteiger partial charge on any atom is 0.416 e. The van der Waals surface area contributed by atoms with E-state index in [1.165, 1.54) is 6.07 Å². The van der Waals surface area contributed by atoms with Gasteiger partial charge in [0.2, 0.25) is 0 Å². The van der Waals surface area contributed by atoms with E-state index >= 15 is 0 Å². The fraction of sp³-hybridized carbons (Fsp3) is 0.350. The highest BCUT2D eigenvalue weighted by Gasteiger charge is 2.31. The smallest absolute Gasteiger partial charge is 0.416 e. The minimum absolute atomic E-state index is 0.151. The monoisotopic (exact) mass is 403 g/mol. The number of fused-ring (bicyclic) bond motifs is 1. The Labute approximate surface area is 165 Å². The molecule has 1 fully saturated rings. The summed E-state index contributed by atoms with van der Waals surface area (Å²) in [5.74, 6) is 0.0549.